The van der Waals surface area contributed by atoms with E-state index in [1.165, 1.54) is 6.08 Å². The number of nitrogens with one attached hydrogen (secondary N) is 4. The van der Waals surface area contributed by atoms with Gasteiger partial charge < -0.3 is 30.9 Å². The Morgan fingerprint density at radius 2 is 1.86 bits per heavy atom. The summed E-state index contributed by atoms with van der Waals surface area (Å²) in [6.07, 6.45) is 7.64. The Hall–Kier alpha value is -4.25. The van der Waals surface area contributed by atoms with Crippen LogP contribution in [-0.4, -0.2) is 75.6 Å². The van der Waals surface area contributed by atoms with Crippen LogP contribution in [0.25, 0.3) is 22.2 Å². The summed E-state index contributed by atoms with van der Waals surface area (Å²) in [5.74, 6) is -0.0824. The number of nitrogens with zero attached hydrogens (tertiary/aromatic N) is 3. The Bertz CT molecular complexity index is 1590. The maximum absolute atomic E-state index is 13.0. The molecule has 1 aliphatic carbocycles. The number of H-pyrrole nitrogens is 1. The molecule has 0 saturated heterocycles. The molecular formula is C31H34ClN7O3. The van der Waals surface area contributed by atoms with Crippen molar-refractivity contribution >= 4 is 46.0 Å². The number of benzene rings is 2. The van der Waals surface area contributed by atoms with Gasteiger partial charge in [0.15, 0.2) is 0 Å². The maximum atomic E-state index is 13.0. The van der Waals surface area contributed by atoms with Crippen LogP contribution in [0.2, 0.25) is 5.02 Å². The number of hydrogen-bond donors (Lipinski definition) is 5. The SMILES string of the molecule is CN(C)C/C=C/C(=O)Nc1ccc(C(=O)NC2CC(O)CC(Nc3ncc(Cl)c(-c4c[nH]c5ccccc45)n3)C2)cc1. The van der Waals surface area contributed by atoms with Gasteiger partial charge in [0, 0.05) is 58.6 Å². The highest BCUT2D eigenvalue weighted by Crippen LogP contribution is 2.33. The summed E-state index contributed by atoms with van der Waals surface area (Å²) in [4.78, 5) is 39.3. The first-order chi connectivity index (χ1) is 20.2. The number of anilines is 2. The Morgan fingerprint density at radius 3 is 2.64 bits per heavy atom. The van der Waals surface area contributed by atoms with Crippen molar-refractivity contribution < 1.29 is 14.7 Å². The Kier molecular flexibility index (Phi) is 9.16. The molecule has 11 heteroatoms. The van der Waals surface area contributed by atoms with Crippen LogP contribution in [0.15, 0.2) is 73.1 Å². The van der Waals surface area contributed by atoms with Crippen LogP contribution in [0.1, 0.15) is 29.6 Å². The van der Waals surface area contributed by atoms with Gasteiger partial charge in [-0.25, -0.2) is 9.97 Å². The van der Waals surface area contributed by atoms with E-state index in [1.807, 2.05) is 49.5 Å². The summed E-state index contributed by atoms with van der Waals surface area (Å²) in [6, 6.07) is 14.2. The lowest BCUT2D eigenvalue weighted by molar-refractivity contribution is -0.111. The third kappa shape index (κ3) is 7.33. The number of likely N-dealkylation sites (N-methyl/N-ethyl adjacent to an activating group) is 1. The monoisotopic (exact) mass is 587 g/mol. The number of carbonyl (C=O) groups is 2. The lowest BCUT2D eigenvalue weighted by Crippen LogP contribution is -2.46. The first-order valence-electron chi connectivity index (χ1n) is 13.8. The van der Waals surface area contributed by atoms with Crippen molar-refractivity contribution in [2.24, 2.45) is 0 Å². The average Bonchev–Trinajstić information content (AvgIpc) is 3.38. The standard InChI is InChI=1S/C31H34ClN7O3/c1-39(2)13-5-8-28(41)35-20-11-9-19(10-12-20)30(42)36-21-14-22(16-23(40)15-21)37-31-34-18-26(32)29(38-31)25-17-33-27-7-4-3-6-24(25)27/h3-12,17-18,21-23,33,40H,13-16H2,1-2H3,(H,35,41)(H,36,42)(H,34,37,38)/b8-5+. The predicted molar refractivity (Wildman–Crippen MR) is 166 cm³/mol. The van der Waals surface area contributed by atoms with E-state index in [-0.39, 0.29) is 23.9 Å². The number of rotatable bonds is 9. The van der Waals surface area contributed by atoms with Gasteiger partial charge in [0.25, 0.3) is 5.91 Å². The smallest absolute Gasteiger partial charge is 0.251 e. The van der Waals surface area contributed by atoms with Crippen LogP contribution in [0.5, 0.6) is 0 Å². The van der Waals surface area contributed by atoms with Crippen molar-refractivity contribution in [2.75, 3.05) is 31.3 Å². The quantitative estimate of drug-likeness (QED) is 0.182. The minimum atomic E-state index is -0.597. The lowest BCUT2D eigenvalue weighted by Gasteiger charge is -2.33. The number of amides is 2. The van der Waals surface area contributed by atoms with Gasteiger partial charge in [0.1, 0.15) is 0 Å². The fourth-order valence-corrected chi connectivity index (χ4v) is 5.32. The van der Waals surface area contributed by atoms with Crippen LogP contribution in [0.4, 0.5) is 11.6 Å². The minimum absolute atomic E-state index is 0.158. The Balaban J connectivity index is 1.20. The third-order valence-corrected chi connectivity index (χ3v) is 7.37. The van der Waals surface area contributed by atoms with Crippen LogP contribution < -0.4 is 16.0 Å². The second kappa shape index (κ2) is 13.2. The van der Waals surface area contributed by atoms with Crippen LogP contribution in [0.3, 0.4) is 0 Å². The van der Waals surface area contributed by atoms with Gasteiger partial charge >= 0.3 is 0 Å². The van der Waals surface area contributed by atoms with E-state index in [2.05, 4.69) is 25.9 Å². The molecule has 5 rings (SSSR count). The predicted octanol–water partition coefficient (Wildman–Crippen LogP) is 4.46. The number of aromatic amines is 1. The van der Waals surface area contributed by atoms with Crippen molar-refractivity contribution in [3.8, 4) is 11.3 Å². The van der Waals surface area contributed by atoms with Crippen molar-refractivity contribution in [3.05, 3.63) is 83.7 Å². The van der Waals surface area contributed by atoms with E-state index in [0.717, 1.165) is 16.5 Å². The first kappa shape index (κ1) is 29.2. The molecule has 5 N–H and O–H groups in total. The Labute approximate surface area is 249 Å². The second-order valence-corrected chi connectivity index (χ2v) is 11.1. The van der Waals surface area contributed by atoms with Gasteiger partial charge in [-0.15, -0.1) is 0 Å². The van der Waals surface area contributed by atoms with E-state index in [0.29, 0.717) is 53.7 Å². The maximum Gasteiger partial charge on any atom is 0.251 e. The minimum Gasteiger partial charge on any atom is -0.393 e. The molecule has 4 aromatic rings. The van der Waals surface area contributed by atoms with Crippen molar-refractivity contribution in [1.29, 1.82) is 0 Å². The molecule has 2 heterocycles. The highest BCUT2D eigenvalue weighted by Gasteiger charge is 2.29. The lowest BCUT2D eigenvalue weighted by atomic mass is 9.88. The largest absolute Gasteiger partial charge is 0.393 e. The molecule has 0 bridgehead atoms. The van der Waals surface area contributed by atoms with Crippen LogP contribution in [-0.2, 0) is 4.79 Å². The molecule has 0 aliphatic heterocycles. The van der Waals surface area contributed by atoms with Gasteiger partial charge in [-0.1, -0.05) is 35.9 Å². The molecule has 0 spiro atoms. The molecule has 3 atom stereocenters. The summed E-state index contributed by atoms with van der Waals surface area (Å²) in [5, 5.41) is 21.2. The molecule has 1 aliphatic rings. The number of para-hydroxylation sites is 1. The summed E-state index contributed by atoms with van der Waals surface area (Å²) < 4.78 is 0. The summed E-state index contributed by atoms with van der Waals surface area (Å²) in [6.45, 7) is 0.664. The van der Waals surface area contributed by atoms with E-state index in [1.54, 1.807) is 36.5 Å². The molecule has 3 unspecified atom stereocenters. The zero-order valence-corrected chi connectivity index (χ0v) is 24.2. The fraction of sp³-hybridized carbons (Fsp3) is 0.290. The number of aliphatic hydroxyl groups excluding tert-OH is 1. The topological polar surface area (TPSA) is 135 Å². The molecule has 2 amide bonds. The van der Waals surface area contributed by atoms with Gasteiger partial charge in [-0.2, -0.15) is 0 Å². The molecule has 42 heavy (non-hydrogen) atoms. The molecule has 1 fully saturated rings. The summed E-state index contributed by atoms with van der Waals surface area (Å²) >= 11 is 6.48. The van der Waals surface area contributed by atoms with E-state index < -0.39 is 6.10 Å². The molecule has 10 nitrogen and oxygen atoms in total. The molecule has 218 valence electrons. The highest BCUT2D eigenvalue weighted by atomic mass is 35.5. The number of halogens is 1. The Morgan fingerprint density at radius 1 is 1.10 bits per heavy atom. The summed E-state index contributed by atoms with van der Waals surface area (Å²) in [7, 11) is 3.85. The molecule has 0 radical (unpaired) electrons. The molecule has 2 aromatic carbocycles. The normalized spacial score (nSPS) is 18.8. The molecule has 2 aromatic heterocycles. The van der Waals surface area contributed by atoms with Gasteiger partial charge in [-0.05, 0) is 63.7 Å². The summed E-state index contributed by atoms with van der Waals surface area (Å²) in [5.41, 5.74) is 3.53. The number of hydrogen-bond acceptors (Lipinski definition) is 7. The van der Waals surface area contributed by atoms with Gasteiger partial charge in [0.05, 0.1) is 23.0 Å². The van der Waals surface area contributed by atoms with Crippen molar-refractivity contribution in [1.82, 2.24) is 25.2 Å². The number of fused-ring (bicyclic) bond motifs is 1. The second-order valence-electron chi connectivity index (χ2n) is 10.7. The van der Waals surface area contributed by atoms with Gasteiger partial charge in [-0.3, -0.25) is 9.59 Å². The van der Waals surface area contributed by atoms with E-state index in [9.17, 15) is 14.7 Å². The molecular weight excluding hydrogens is 554 g/mol. The first-order valence-corrected chi connectivity index (χ1v) is 14.2. The van der Waals surface area contributed by atoms with Crippen LogP contribution in [0, 0.1) is 0 Å². The third-order valence-electron chi connectivity index (χ3n) is 7.09. The van der Waals surface area contributed by atoms with Gasteiger partial charge in [0.2, 0.25) is 11.9 Å². The van der Waals surface area contributed by atoms with E-state index in [4.69, 9.17) is 16.6 Å². The number of carbonyl (C=O) groups excluding carboxylic acids is 2. The zero-order chi connectivity index (χ0) is 29.6. The number of aliphatic hydroxyl groups is 1. The van der Waals surface area contributed by atoms with E-state index >= 15 is 0 Å². The fourth-order valence-electron chi connectivity index (χ4n) is 5.13. The van der Waals surface area contributed by atoms with Crippen LogP contribution >= 0.6 is 11.6 Å². The number of aromatic nitrogens is 3. The molecule has 1 saturated carbocycles. The van der Waals surface area contributed by atoms with Crippen molar-refractivity contribution in [2.45, 2.75) is 37.5 Å². The van der Waals surface area contributed by atoms with Crippen molar-refractivity contribution in [3.63, 3.8) is 0 Å². The highest BCUT2D eigenvalue weighted by molar-refractivity contribution is 6.33. The average molecular weight is 588 g/mol. The zero-order valence-electron chi connectivity index (χ0n) is 23.5.